The molecule has 0 amide bonds. The molecule has 11 nitrogen and oxygen atoms in total. The molecule has 0 atom stereocenters. The monoisotopic (exact) mass is 557 g/mol. The number of nitro groups is 1. The van der Waals surface area contributed by atoms with E-state index >= 15 is 4.39 Å². The number of aromatic nitrogens is 4. The maximum atomic E-state index is 15.4. The summed E-state index contributed by atoms with van der Waals surface area (Å²) < 4.78 is 28.1. The van der Waals surface area contributed by atoms with Gasteiger partial charge < -0.3 is 29.3 Å². The first kappa shape index (κ1) is 27.3. The lowest BCUT2D eigenvalue weighted by Crippen LogP contribution is -2.10. The van der Waals surface area contributed by atoms with Crippen molar-refractivity contribution in [3.05, 3.63) is 111 Å². The van der Waals surface area contributed by atoms with E-state index in [4.69, 9.17) is 9.47 Å². The van der Waals surface area contributed by atoms with E-state index in [1.54, 1.807) is 61.7 Å². The average Bonchev–Trinajstić information content (AvgIpc) is 3.32. The van der Waals surface area contributed by atoms with Crippen LogP contribution in [0.5, 0.6) is 5.88 Å². The van der Waals surface area contributed by atoms with E-state index in [0.29, 0.717) is 52.4 Å². The molecule has 0 spiro atoms. The van der Waals surface area contributed by atoms with Crippen LogP contribution in [0, 0.1) is 15.9 Å². The van der Waals surface area contributed by atoms with Crippen LogP contribution in [0.1, 0.15) is 27.3 Å². The molecule has 0 aliphatic heterocycles. The fourth-order valence-electron chi connectivity index (χ4n) is 4.41. The van der Waals surface area contributed by atoms with E-state index in [1.165, 1.54) is 18.3 Å². The number of carboxylic acids is 1. The minimum atomic E-state index is -1.05. The van der Waals surface area contributed by atoms with Gasteiger partial charge in [0.15, 0.2) is 0 Å². The molecule has 12 heteroatoms. The highest BCUT2D eigenvalue weighted by molar-refractivity contribution is 5.92. The second-order valence-electron chi connectivity index (χ2n) is 9.06. The Morgan fingerprint density at radius 1 is 1.07 bits per heavy atom. The third-order valence-corrected chi connectivity index (χ3v) is 6.43. The summed E-state index contributed by atoms with van der Waals surface area (Å²) in [7, 11) is 1.57. The summed E-state index contributed by atoms with van der Waals surface area (Å²) in [4.78, 5) is 34.9. The SMILES string of the molecule is COCCn1c(Cc2ccc(-c3cccc(OCc4cccnc4[N+](=O)[O-])n3)cc2F)nc2ccc(C(=O)O)cc21. The van der Waals surface area contributed by atoms with Crippen LogP contribution in [0.4, 0.5) is 10.2 Å². The van der Waals surface area contributed by atoms with Gasteiger partial charge in [0.25, 0.3) is 0 Å². The topological polar surface area (TPSA) is 142 Å². The summed E-state index contributed by atoms with van der Waals surface area (Å²) >= 11 is 0. The normalized spacial score (nSPS) is 11.1. The summed E-state index contributed by atoms with van der Waals surface area (Å²) in [6.45, 7) is 0.686. The van der Waals surface area contributed by atoms with Crippen molar-refractivity contribution in [3.8, 4) is 17.1 Å². The number of benzene rings is 2. The van der Waals surface area contributed by atoms with Gasteiger partial charge in [-0.15, -0.1) is 0 Å². The maximum absolute atomic E-state index is 15.4. The minimum absolute atomic E-state index is 0.105. The molecule has 0 saturated heterocycles. The highest BCUT2D eigenvalue weighted by atomic mass is 19.1. The number of halogens is 1. The van der Waals surface area contributed by atoms with Crippen LogP contribution in [0.2, 0.25) is 0 Å². The molecule has 0 aliphatic carbocycles. The largest absolute Gasteiger partial charge is 0.478 e. The zero-order valence-electron chi connectivity index (χ0n) is 21.9. The molecule has 3 aromatic heterocycles. The summed E-state index contributed by atoms with van der Waals surface area (Å²) in [5.74, 6) is -1.00. The Hall–Kier alpha value is -5.23. The lowest BCUT2D eigenvalue weighted by atomic mass is 10.1. The van der Waals surface area contributed by atoms with Crippen molar-refractivity contribution >= 4 is 22.8 Å². The summed E-state index contributed by atoms with van der Waals surface area (Å²) in [5, 5.41) is 20.6. The Balaban J connectivity index is 1.37. The summed E-state index contributed by atoms with van der Waals surface area (Å²) in [5.41, 5.74) is 3.05. The highest BCUT2D eigenvalue weighted by Gasteiger charge is 2.17. The Labute approximate surface area is 233 Å². The molecule has 0 aliphatic rings. The van der Waals surface area contributed by atoms with Crippen LogP contribution in [0.3, 0.4) is 0 Å². The molecular formula is C29H24FN5O6. The van der Waals surface area contributed by atoms with E-state index in [0.717, 1.165) is 0 Å². The van der Waals surface area contributed by atoms with E-state index in [-0.39, 0.29) is 30.3 Å². The van der Waals surface area contributed by atoms with Gasteiger partial charge in [-0.3, -0.25) is 0 Å². The molecule has 5 aromatic rings. The van der Waals surface area contributed by atoms with Crippen molar-refractivity contribution < 1.29 is 28.7 Å². The lowest BCUT2D eigenvalue weighted by Gasteiger charge is -2.11. The molecule has 0 bridgehead atoms. The van der Waals surface area contributed by atoms with Gasteiger partial charge in [-0.1, -0.05) is 18.2 Å². The molecule has 0 unspecified atom stereocenters. The summed E-state index contributed by atoms with van der Waals surface area (Å²) in [6.07, 6.45) is 1.51. The van der Waals surface area contributed by atoms with E-state index < -0.39 is 16.7 Å². The third kappa shape index (κ3) is 6.02. The molecule has 208 valence electrons. The zero-order chi connectivity index (χ0) is 28.9. The number of methoxy groups -OCH3 is 1. The predicted octanol–water partition coefficient (Wildman–Crippen LogP) is 5.06. The van der Waals surface area contributed by atoms with Crippen LogP contribution < -0.4 is 4.74 Å². The number of nitrogens with zero attached hydrogens (tertiary/aromatic N) is 5. The molecular weight excluding hydrogens is 533 g/mol. The zero-order valence-corrected chi connectivity index (χ0v) is 21.9. The number of ether oxygens (including phenoxy) is 2. The van der Waals surface area contributed by atoms with Crippen LogP contribution in [0.15, 0.2) is 72.9 Å². The molecule has 41 heavy (non-hydrogen) atoms. The van der Waals surface area contributed by atoms with Gasteiger partial charge in [-0.2, -0.15) is 0 Å². The van der Waals surface area contributed by atoms with Gasteiger partial charge in [-0.05, 0) is 57.9 Å². The van der Waals surface area contributed by atoms with Gasteiger partial charge in [0.2, 0.25) is 5.88 Å². The number of fused-ring (bicyclic) bond motifs is 1. The molecule has 0 saturated carbocycles. The first-order chi connectivity index (χ1) is 19.8. The van der Waals surface area contributed by atoms with Crippen molar-refractivity contribution in [2.45, 2.75) is 19.6 Å². The smallest absolute Gasteiger partial charge is 0.370 e. The molecule has 1 N–H and O–H groups in total. The van der Waals surface area contributed by atoms with Crippen molar-refractivity contribution in [1.82, 2.24) is 19.5 Å². The number of imidazole rings is 1. The second-order valence-corrected chi connectivity index (χ2v) is 9.06. The number of pyridine rings is 2. The Bertz CT molecular complexity index is 1760. The molecule has 5 rings (SSSR count). The van der Waals surface area contributed by atoms with Crippen LogP contribution in [0.25, 0.3) is 22.3 Å². The first-order valence-corrected chi connectivity index (χ1v) is 12.5. The number of carboxylic acid groups (broad SMARTS) is 1. The maximum Gasteiger partial charge on any atom is 0.370 e. The van der Waals surface area contributed by atoms with Crippen molar-refractivity contribution in [1.29, 1.82) is 0 Å². The van der Waals surface area contributed by atoms with Crippen LogP contribution in [-0.4, -0.2) is 49.2 Å². The number of hydrogen-bond acceptors (Lipinski definition) is 8. The van der Waals surface area contributed by atoms with Gasteiger partial charge in [0.05, 0.1) is 34.5 Å². The Morgan fingerprint density at radius 2 is 1.93 bits per heavy atom. The van der Waals surface area contributed by atoms with E-state index in [1.807, 2.05) is 4.57 Å². The van der Waals surface area contributed by atoms with Gasteiger partial charge in [-0.25, -0.2) is 19.2 Å². The quantitative estimate of drug-likeness (QED) is 0.174. The molecule has 2 aromatic carbocycles. The minimum Gasteiger partial charge on any atom is -0.478 e. The van der Waals surface area contributed by atoms with Crippen molar-refractivity contribution in [2.75, 3.05) is 13.7 Å². The van der Waals surface area contributed by atoms with Crippen molar-refractivity contribution in [2.24, 2.45) is 0 Å². The number of rotatable bonds is 11. The second kappa shape index (κ2) is 11.9. The number of aromatic carboxylic acids is 1. The van der Waals surface area contributed by atoms with Gasteiger partial charge in [0, 0.05) is 31.7 Å². The Morgan fingerprint density at radius 3 is 2.68 bits per heavy atom. The average molecular weight is 558 g/mol. The number of hydrogen-bond donors (Lipinski definition) is 1. The van der Waals surface area contributed by atoms with Gasteiger partial charge in [0.1, 0.15) is 24.4 Å². The predicted molar refractivity (Wildman–Crippen MR) is 146 cm³/mol. The van der Waals surface area contributed by atoms with Crippen LogP contribution >= 0.6 is 0 Å². The van der Waals surface area contributed by atoms with Crippen molar-refractivity contribution in [3.63, 3.8) is 0 Å². The highest BCUT2D eigenvalue weighted by Crippen LogP contribution is 2.26. The standard InChI is InChI=1S/C29H24FN5O6/c1-40-13-12-34-25-15-20(29(36)37)9-10-24(25)32-26(34)16-18-7-8-19(14-22(18)30)23-5-2-6-27(33-23)41-17-21-4-3-11-31-28(21)35(38)39/h2-11,14-15H,12-13,16-17H2,1H3,(H,36,37). The molecule has 0 fully saturated rings. The fourth-order valence-corrected chi connectivity index (χ4v) is 4.41. The lowest BCUT2D eigenvalue weighted by molar-refractivity contribution is -0.390. The molecule has 0 radical (unpaired) electrons. The first-order valence-electron chi connectivity index (χ1n) is 12.5. The fraction of sp³-hybridized carbons (Fsp3) is 0.172. The number of carbonyl (C=O) groups is 1. The van der Waals surface area contributed by atoms with E-state index in [2.05, 4.69) is 15.0 Å². The molecule has 3 heterocycles. The van der Waals surface area contributed by atoms with Gasteiger partial charge >= 0.3 is 11.8 Å². The van der Waals surface area contributed by atoms with Crippen LogP contribution in [-0.2, 0) is 24.3 Å². The third-order valence-electron chi connectivity index (χ3n) is 6.43. The summed E-state index contributed by atoms with van der Waals surface area (Å²) in [6, 6.07) is 17.6. The van der Waals surface area contributed by atoms with E-state index in [9.17, 15) is 20.0 Å². The Kier molecular flexibility index (Phi) is 7.92.